The number of benzene rings is 1. The van der Waals surface area contributed by atoms with E-state index in [4.69, 9.17) is 20.8 Å². The molecule has 2 aliphatic rings. The van der Waals surface area contributed by atoms with Crippen LogP contribution in [0.15, 0.2) is 28.9 Å². The number of carbonyl (C=O) groups excluding carboxylic acids is 2. The molecule has 0 saturated carbocycles. The van der Waals surface area contributed by atoms with Gasteiger partial charge in [0, 0.05) is 31.0 Å². The zero-order chi connectivity index (χ0) is 18.5. The normalized spacial score (nSPS) is 18.6. The quantitative estimate of drug-likeness (QED) is 0.752. The number of hydrogen-bond acceptors (Lipinski definition) is 4. The van der Waals surface area contributed by atoms with E-state index < -0.39 is 5.60 Å². The van der Waals surface area contributed by atoms with Gasteiger partial charge in [-0.3, -0.25) is 9.59 Å². The topological polar surface area (TPSA) is 59.8 Å². The average Bonchev–Trinajstić information content (AvgIpc) is 3.14. The zero-order valence-corrected chi connectivity index (χ0v) is 15.6. The molecule has 2 aliphatic heterocycles. The number of furan rings is 1. The van der Waals surface area contributed by atoms with Gasteiger partial charge in [0.15, 0.2) is 11.5 Å². The third-order valence-electron chi connectivity index (χ3n) is 5.43. The van der Waals surface area contributed by atoms with E-state index in [0.717, 1.165) is 11.1 Å². The highest BCUT2D eigenvalue weighted by Gasteiger charge is 2.44. The van der Waals surface area contributed by atoms with Gasteiger partial charge in [0.2, 0.25) is 0 Å². The monoisotopic (exact) mass is 373 g/mol. The molecule has 5 nitrogen and oxygen atoms in total. The van der Waals surface area contributed by atoms with Crippen LogP contribution in [0.1, 0.15) is 51.3 Å². The van der Waals surface area contributed by atoms with E-state index in [9.17, 15) is 9.59 Å². The summed E-state index contributed by atoms with van der Waals surface area (Å²) < 4.78 is 11.5. The maximum absolute atomic E-state index is 12.8. The number of amides is 1. The fourth-order valence-corrected chi connectivity index (χ4v) is 4.10. The Balaban J connectivity index is 1.55. The van der Waals surface area contributed by atoms with Crippen molar-refractivity contribution in [2.75, 3.05) is 13.1 Å². The van der Waals surface area contributed by atoms with Crippen LogP contribution in [0.5, 0.6) is 5.75 Å². The van der Waals surface area contributed by atoms with E-state index in [-0.39, 0.29) is 11.7 Å². The van der Waals surface area contributed by atoms with Gasteiger partial charge in [0.05, 0.1) is 18.2 Å². The van der Waals surface area contributed by atoms with Crippen LogP contribution in [0.4, 0.5) is 0 Å². The van der Waals surface area contributed by atoms with E-state index in [2.05, 4.69) is 0 Å². The summed E-state index contributed by atoms with van der Waals surface area (Å²) in [6.07, 6.45) is 3.05. The second-order valence-corrected chi connectivity index (χ2v) is 7.54. The third-order valence-corrected chi connectivity index (χ3v) is 6.01. The molecule has 26 heavy (non-hydrogen) atoms. The minimum Gasteiger partial charge on any atom is -0.486 e. The highest BCUT2D eigenvalue weighted by Crippen LogP contribution is 2.43. The van der Waals surface area contributed by atoms with Crippen LogP contribution in [0.25, 0.3) is 0 Å². The van der Waals surface area contributed by atoms with Crippen molar-refractivity contribution < 1.29 is 18.7 Å². The van der Waals surface area contributed by atoms with Crippen LogP contribution in [-0.2, 0) is 0 Å². The summed E-state index contributed by atoms with van der Waals surface area (Å²) >= 11 is 6.30. The number of piperidine rings is 1. The van der Waals surface area contributed by atoms with Crippen molar-refractivity contribution in [3.63, 3.8) is 0 Å². The Bertz CT molecular complexity index is 880. The van der Waals surface area contributed by atoms with E-state index >= 15 is 0 Å². The Labute approximate surface area is 156 Å². The summed E-state index contributed by atoms with van der Waals surface area (Å²) in [4.78, 5) is 27.0. The molecular formula is C20H20ClNO4. The molecule has 1 amide bonds. The number of hydrogen-bond donors (Lipinski definition) is 0. The molecule has 0 bridgehead atoms. The summed E-state index contributed by atoms with van der Waals surface area (Å²) in [6, 6.07) is 5.22. The molecule has 0 radical (unpaired) electrons. The van der Waals surface area contributed by atoms with Crippen molar-refractivity contribution in [2.45, 2.75) is 38.7 Å². The first kappa shape index (κ1) is 17.2. The minimum absolute atomic E-state index is 0.0662. The van der Waals surface area contributed by atoms with Gasteiger partial charge in [-0.05, 0) is 43.2 Å². The molecule has 1 fully saturated rings. The van der Waals surface area contributed by atoms with E-state index in [1.807, 2.05) is 19.9 Å². The Hall–Kier alpha value is -2.27. The molecular weight excluding hydrogens is 354 g/mol. The van der Waals surface area contributed by atoms with Crippen molar-refractivity contribution in [1.82, 2.24) is 4.90 Å². The Morgan fingerprint density at radius 3 is 2.65 bits per heavy atom. The lowest BCUT2D eigenvalue weighted by atomic mass is 9.81. The molecule has 0 N–H and O–H groups in total. The first-order valence-electron chi connectivity index (χ1n) is 8.75. The van der Waals surface area contributed by atoms with Gasteiger partial charge in [-0.15, -0.1) is 0 Å². The summed E-state index contributed by atoms with van der Waals surface area (Å²) in [5.41, 5.74) is 1.74. The second kappa shape index (κ2) is 6.16. The first-order valence-corrected chi connectivity index (χ1v) is 9.13. The molecule has 1 aromatic carbocycles. The zero-order valence-electron chi connectivity index (χ0n) is 14.8. The molecule has 4 rings (SSSR count). The summed E-state index contributed by atoms with van der Waals surface area (Å²) in [5.74, 6) is 0.904. The van der Waals surface area contributed by atoms with Crippen LogP contribution in [0.3, 0.4) is 0 Å². The van der Waals surface area contributed by atoms with Gasteiger partial charge in [0.25, 0.3) is 5.91 Å². The lowest BCUT2D eigenvalue weighted by Crippen LogP contribution is -2.52. The number of ketones is 1. The van der Waals surface area contributed by atoms with Crippen molar-refractivity contribution in [3.8, 4) is 5.75 Å². The number of halogens is 1. The number of aryl methyl sites for hydroxylation is 1. The molecule has 0 aliphatic carbocycles. The van der Waals surface area contributed by atoms with E-state index in [0.29, 0.717) is 54.4 Å². The van der Waals surface area contributed by atoms with Crippen molar-refractivity contribution in [1.29, 1.82) is 0 Å². The van der Waals surface area contributed by atoms with Crippen molar-refractivity contribution >= 4 is 23.3 Å². The van der Waals surface area contributed by atoms with Crippen LogP contribution < -0.4 is 4.74 Å². The molecule has 1 aromatic heterocycles. The Morgan fingerprint density at radius 2 is 2.00 bits per heavy atom. The smallest absolute Gasteiger partial charge is 0.289 e. The molecule has 136 valence electrons. The molecule has 0 unspecified atom stereocenters. The van der Waals surface area contributed by atoms with E-state index in [1.54, 1.807) is 17.0 Å². The molecule has 6 heteroatoms. The van der Waals surface area contributed by atoms with Crippen LogP contribution in [-0.4, -0.2) is 35.3 Å². The number of Topliss-reactive ketones (excluding diaryl/α,β-unsaturated/α-hetero) is 1. The third kappa shape index (κ3) is 2.71. The number of rotatable bonds is 1. The minimum atomic E-state index is -0.545. The largest absolute Gasteiger partial charge is 0.486 e. The van der Waals surface area contributed by atoms with Gasteiger partial charge in [-0.1, -0.05) is 11.6 Å². The van der Waals surface area contributed by atoms with Gasteiger partial charge in [-0.25, -0.2) is 0 Å². The standard InChI is InChI=1S/C20H20ClNO4/c1-12-10-16-17(13(2)18(12)21)14(23)11-20(26-16)5-7-22(8-6-20)19(24)15-4-3-9-25-15/h3-4,9-10H,5-8,11H2,1-2H3. The van der Waals surface area contributed by atoms with Gasteiger partial charge in [-0.2, -0.15) is 0 Å². The SMILES string of the molecule is Cc1cc2c(c(C)c1Cl)C(=O)CC1(CCN(C(=O)c3ccco3)CC1)O2. The fourth-order valence-electron chi connectivity index (χ4n) is 3.95. The van der Waals surface area contributed by atoms with Gasteiger partial charge >= 0.3 is 0 Å². The van der Waals surface area contributed by atoms with Crippen LogP contribution in [0.2, 0.25) is 5.02 Å². The van der Waals surface area contributed by atoms with Crippen LogP contribution in [0, 0.1) is 13.8 Å². The second-order valence-electron chi connectivity index (χ2n) is 7.16. The number of fused-ring (bicyclic) bond motifs is 1. The maximum atomic E-state index is 12.8. The van der Waals surface area contributed by atoms with Gasteiger partial charge < -0.3 is 14.1 Å². The number of nitrogens with zero attached hydrogens (tertiary/aromatic N) is 1. The highest BCUT2D eigenvalue weighted by molar-refractivity contribution is 6.32. The van der Waals surface area contributed by atoms with Crippen molar-refractivity contribution in [3.05, 3.63) is 51.9 Å². The first-order chi connectivity index (χ1) is 12.4. The lowest BCUT2D eigenvalue weighted by molar-refractivity contribution is -0.00651. The Morgan fingerprint density at radius 1 is 1.27 bits per heavy atom. The molecule has 1 spiro atoms. The average molecular weight is 374 g/mol. The predicted octanol–water partition coefficient (Wildman–Crippen LogP) is 4.19. The summed E-state index contributed by atoms with van der Waals surface area (Å²) in [7, 11) is 0. The number of ether oxygens (including phenoxy) is 1. The molecule has 3 heterocycles. The molecule has 0 atom stereocenters. The van der Waals surface area contributed by atoms with E-state index in [1.165, 1.54) is 6.26 Å². The van der Waals surface area contributed by atoms with Gasteiger partial charge in [0.1, 0.15) is 11.4 Å². The number of likely N-dealkylation sites (tertiary alicyclic amines) is 1. The highest BCUT2D eigenvalue weighted by atomic mass is 35.5. The maximum Gasteiger partial charge on any atom is 0.289 e. The molecule has 2 aromatic rings. The van der Waals surface area contributed by atoms with Crippen molar-refractivity contribution in [2.24, 2.45) is 0 Å². The predicted molar refractivity (Wildman–Crippen MR) is 97.1 cm³/mol. The van der Waals surface area contributed by atoms with Crippen LogP contribution >= 0.6 is 11.6 Å². The Kier molecular flexibility index (Phi) is 4.07. The fraction of sp³-hybridized carbons (Fsp3) is 0.400. The lowest BCUT2D eigenvalue weighted by Gasteiger charge is -2.44. The molecule has 1 saturated heterocycles. The summed E-state index contributed by atoms with van der Waals surface area (Å²) in [6.45, 7) is 4.84. The summed E-state index contributed by atoms with van der Waals surface area (Å²) in [5, 5.41) is 0.621. The number of carbonyl (C=O) groups is 2.